The quantitative estimate of drug-likeness (QED) is 0.637. The van der Waals surface area contributed by atoms with Gasteiger partial charge in [-0.05, 0) is 38.3 Å². The first-order chi connectivity index (χ1) is 9.54. The lowest BCUT2D eigenvalue weighted by atomic mass is 10.0. The van der Waals surface area contributed by atoms with Crippen molar-refractivity contribution in [3.63, 3.8) is 0 Å². The number of H-pyrrole nitrogens is 1. The molecule has 0 spiro atoms. The number of carbonyl (C=O) groups is 2. The summed E-state index contributed by atoms with van der Waals surface area (Å²) >= 11 is 0. The number of aromatic nitrogens is 1. The van der Waals surface area contributed by atoms with Crippen molar-refractivity contribution in [2.45, 2.75) is 33.6 Å². The molecule has 20 heavy (non-hydrogen) atoms. The first-order valence-corrected chi connectivity index (χ1v) is 6.55. The van der Waals surface area contributed by atoms with Gasteiger partial charge in [0.2, 0.25) is 0 Å². The fraction of sp³-hybridized carbons (Fsp3) is 0.467. The minimum absolute atomic E-state index is 0.226. The van der Waals surface area contributed by atoms with Crippen molar-refractivity contribution >= 4 is 11.9 Å². The zero-order valence-electron chi connectivity index (χ0n) is 12.0. The Morgan fingerprint density at radius 1 is 1.25 bits per heavy atom. The van der Waals surface area contributed by atoms with E-state index in [2.05, 4.69) is 10.9 Å². The van der Waals surface area contributed by atoms with Crippen molar-refractivity contribution in [1.29, 1.82) is 0 Å². The first-order valence-electron chi connectivity index (χ1n) is 6.55. The van der Waals surface area contributed by atoms with E-state index in [0.29, 0.717) is 31.0 Å². The Morgan fingerprint density at radius 3 is 2.45 bits per heavy atom. The molecule has 0 fully saturated rings. The van der Waals surface area contributed by atoms with Gasteiger partial charge in [0.25, 0.3) is 0 Å². The lowest BCUT2D eigenvalue weighted by Gasteiger charge is -2.03. The Bertz CT molecular complexity index is 537. The number of terminal acetylenes is 1. The van der Waals surface area contributed by atoms with Gasteiger partial charge < -0.3 is 14.5 Å². The number of esters is 2. The molecule has 0 aliphatic heterocycles. The van der Waals surface area contributed by atoms with Gasteiger partial charge in [-0.2, -0.15) is 0 Å². The molecule has 1 heterocycles. The Labute approximate surface area is 118 Å². The third-order valence-corrected chi connectivity index (χ3v) is 2.89. The standard InChI is InChI=1S/C15H19NO4/c1-5-12-11(8-9-13(17)19-6-2)10(4)14(16-12)15(18)20-7-3/h1,16H,6-9H2,2-4H3. The predicted molar refractivity (Wildman–Crippen MR) is 74.4 cm³/mol. The van der Waals surface area contributed by atoms with Gasteiger partial charge in [0.15, 0.2) is 0 Å². The highest BCUT2D eigenvalue weighted by molar-refractivity contribution is 5.90. The maximum absolute atomic E-state index is 11.8. The van der Waals surface area contributed by atoms with Gasteiger partial charge >= 0.3 is 11.9 Å². The third-order valence-electron chi connectivity index (χ3n) is 2.89. The Morgan fingerprint density at radius 2 is 1.90 bits per heavy atom. The topological polar surface area (TPSA) is 68.4 Å². The number of nitrogens with one attached hydrogen (secondary N) is 1. The Hall–Kier alpha value is -2.22. The van der Waals surface area contributed by atoms with Crippen LogP contribution >= 0.6 is 0 Å². The minimum Gasteiger partial charge on any atom is -0.466 e. The fourth-order valence-corrected chi connectivity index (χ4v) is 1.94. The molecule has 0 aliphatic rings. The van der Waals surface area contributed by atoms with Crippen LogP contribution in [0.1, 0.15) is 47.6 Å². The molecule has 0 aromatic carbocycles. The summed E-state index contributed by atoms with van der Waals surface area (Å²) in [6, 6.07) is 0. The van der Waals surface area contributed by atoms with Crippen LogP contribution in [0, 0.1) is 19.3 Å². The normalized spacial score (nSPS) is 9.90. The lowest BCUT2D eigenvalue weighted by molar-refractivity contribution is -0.143. The molecule has 0 saturated heterocycles. The maximum atomic E-state index is 11.8. The summed E-state index contributed by atoms with van der Waals surface area (Å²) < 4.78 is 9.83. The third kappa shape index (κ3) is 3.64. The van der Waals surface area contributed by atoms with Crippen LogP contribution in [0.3, 0.4) is 0 Å². The van der Waals surface area contributed by atoms with Gasteiger partial charge in [-0.25, -0.2) is 4.79 Å². The van der Waals surface area contributed by atoms with Crippen LogP contribution in [0.2, 0.25) is 0 Å². The number of rotatable bonds is 6. The molecule has 0 saturated carbocycles. The van der Waals surface area contributed by atoms with Crippen LogP contribution in [-0.2, 0) is 20.7 Å². The second-order valence-electron chi connectivity index (χ2n) is 4.15. The van der Waals surface area contributed by atoms with Crippen molar-refractivity contribution < 1.29 is 19.1 Å². The molecule has 1 rings (SSSR count). The van der Waals surface area contributed by atoms with E-state index in [1.165, 1.54) is 0 Å². The molecule has 0 amide bonds. The highest BCUT2D eigenvalue weighted by Gasteiger charge is 2.19. The lowest BCUT2D eigenvalue weighted by Crippen LogP contribution is -2.07. The molecule has 0 radical (unpaired) electrons. The summed E-state index contributed by atoms with van der Waals surface area (Å²) in [5.74, 6) is 1.77. The number of hydrogen-bond donors (Lipinski definition) is 1. The monoisotopic (exact) mass is 277 g/mol. The van der Waals surface area contributed by atoms with Gasteiger partial charge in [-0.3, -0.25) is 4.79 Å². The maximum Gasteiger partial charge on any atom is 0.355 e. The molecule has 1 N–H and O–H groups in total. The molecular weight excluding hydrogens is 258 g/mol. The number of carbonyl (C=O) groups excluding carboxylic acids is 2. The van der Waals surface area contributed by atoms with Crippen LogP contribution in [-0.4, -0.2) is 30.1 Å². The van der Waals surface area contributed by atoms with Gasteiger partial charge in [0.1, 0.15) is 5.69 Å². The average molecular weight is 277 g/mol. The minimum atomic E-state index is -0.441. The summed E-state index contributed by atoms with van der Waals surface area (Å²) in [6.07, 6.45) is 6.08. The van der Waals surface area contributed by atoms with Gasteiger partial charge in [0.05, 0.1) is 18.9 Å². The fourth-order valence-electron chi connectivity index (χ4n) is 1.94. The Kier molecular flexibility index (Phi) is 5.85. The highest BCUT2D eigenvalue weighted by atomic mass is 16.5. The van der Waals surface area contributed by atoms with Gasteiger partial charge in [-0.15, -0.1) is 6.42 Å². The molecule has 0 atom stereocenters. The first kappa shape index (κ1) is 15.8. The molecule has 108 valence electrons. The SMILES string of the molecule is C#Cc1[nH]c(C(=O)OCC)c(C)c1CCC(=O)OCC. The van der Waals surface area contributed by atoms with Crippen LogP contribution in [0.25, 0.3) is 0 Å². The van der Waals surface area contributed by atoms with E-state index in [1.807, 2.05) is 0 Å². The van der Waals surface area contributed by atoms with E-state index in [9.17, 15) is 9.59 Å². The van der Waals surface area contributed by atoms with Crippen LogP contribution in [0.4, 0.5) is 0 Å². The van der Waals surface area contributed by atoms with E-state index >= 15 is 0 Å². The van der Waals surface area contributed by atoms with Gasteiger partial charge in [0, 0.05) is 6.42 Å². The van der Waals surface area contributed by atoms with Crippen LogP contribution < -0.4 is 0 Å². The zero-order valence-corrected chi connectivity index (χ0v) is 12.0. The molecule has 1 aromatic rings. The van der Waals surface area contributed by atoms with Crippen molar-refractivity contribution in [2.24, 2.45) is 0 Å². The molecule has 0 unspecified atom stereocenters. The second kappa shape index (κ2) is 7.39. The smallest absolute Gasteiger partial charge is 0.355 e. The summed E-state index contributed by atoms with van der Waals surface area (Å²) in [5, 5.41) is 0. The molecule has 1 aromatic heterocycles. The van der Waals surface area contributed by atoms with E-state index in [-0.39, 0.29) is 12.4 Å². The zero-order chi connectivity index (χ0) is 15.1. The van der Waals surface area contributed by atoms with E-state index in [1.54, 1.807) is 20.8 Å². The van der Waals surface area contributed by atoms with Crippen molar-refractivity contribution in [1.82, 2.24) is 4.98 Å². The molecular formula is C15H19NO4. The summed E-state index contributed by atoms with van der Waals surface area (Å²) in [6.45, 7) is 5.91. The van der Waals surface area contributed by atoms with Crippen LogP contribution in [0.5, 0.6) is 0 Å². The second-order valence-corrected chi connectivity index (χ2v) is 4.15. The summed E-state index contributed by atoms with van der Waals surface area (Å²) in [4.78, 5) is 26.0. The van der Waals surface area contributed by atoms with Crippen molar-refractivity contribution in [3.8, 4) is 12.3 Å². The predicted octanol–water partition coefficient (Wildman–Crippen LogP) is 1.98. The van der Waals surface area contributed by atoms with Crippen LogP contribution in [0.15, 0.2) is 0 Å². The molecule has 5 nitrogen and oxygen atoms in total. The largest absolute Gasteiger partial charge is 0.466 e. The molecule has 5 heteroatoms. The van der Waals surface area contributed by atoms with Gasteiger partial charge in [-0.1, -0.05) is 5.92 Å². The summed E-state index contributed by atoms with van der Waals surface area (Å²) in [7, 11) is 0. The highest BCUT2D eigenvalue weighted by Crippen LogP contribution is 2.20. The van der Waals surface area contributed by atoms with E-state index in [4.69, 9.17) is 15.9 Å². The number of hydrogen-bond acceptors (Lipinski definition) is 4. The average Bonchev–Trinajstić information content (AvgIpc) is 2.73. The van der Waals surface area contributed by atoms with E-state index < -0.39 is 5.97 Å². The van der Waals surface area contributed by atoms with Crippen molar-refractivity contribution in [3.05, 3.63) is 22.5 Å². The van der Waals surface area contributed by atoms with Crippen molar-refractivity contribution in [2.75, 3.05) is 13.2 Å². The molecule has 0 aliphatic carbocycles. The summed E-state index contributed by atoms with van der Waals surface area (Å²) in [5.41, 5.74) is 2.36. The number of ether oxygens (including phenoxy) is 2. The number of aromatic amines is 1. The molecule has 0 bridgehead atoms. The van der Waals surface area contributed by atoms with E-state index in [0.717, 1.165) is 11.1 Å². The Balaban J connectivity index is 2.93.